The molecule has 0 bridgehead atoms. The Morgan fingerprint density at radius 3 is 2.80 bits per heavy atom. The van der Waals surface area contributed by atoms with Gasteiger partial charge in [0.2, 0.25) is 5.91 Å². The molecule has 20 heavy (non-hydrogen) atoms. The number of carbonyl (C=O) groups excluding carboxylic acids is 2. The van der Waals surface area contributed by atoms with E-state index in [-0.39, 0.29) is 5.91 Å². The number of imide groups is 1. The van der Waals surface area contributed by atoms with Crippen LogP contribution in [0.4, 0.5) is 4.79 Å². The Hall–Kier alpha value is -2.02. The van der Waals surface area contributed by atoms with Crippen molar-refractivity contribution < 1.29 is 9.59 Å². The highest BCUT2D eigenvalue weighted by Gasteiger charge is 2.45. The number of thioether (sulfide) groups is 1. The molecule has 6 nitrogen and oxygen atoms in total. The number of fused-ring (bicyclic) bond motifs is 1. The summed E-state index contributed by atoms with van der Waals surface area (Å²) in [6.07, 6.45) is 0.233. The zero-order chi connectivity index (χ0) is 14.1. The molecule has 2 atom stereocenters. The Kier molecular flexibility index (Phi) is 3.35. The van der Waals surface area contributed by atoms with Gasteiger partial charge in [0.15, 0.2) is 5.17 Å². The van der Waals surface area contributed by atoms with Crippen LogP contribution in [-0.4, -0.2) is 40.0 Å². The molecule has 0 radical (unpaired) electrons. The first kappa shape index (κ1) is 13.0. The number of nitrogens with zero attached hydrogens (tertiary/aromatic N) is 2. The number of hydrogen-bond donors (Lipinski definition) is 2. The number of rotatable bonds is 3. The van der Waals surface area contributed by atoms with Crippen molar-refractivity contribution in [3.63, 3.8) is 0 Å². The SMILES string of the molecule is NC1=NC2C(S1)C(=O)NC(=O)N2CCc1ccccc1. The minimum absolute atomic E-state index is 0.315. The predicted molar refractivity (Wildman–Crippen MR) is 77.2 cm³/mol. The Bertz CT molecular complexity index is 575. The fourth-order valence-electron chi connectivity index (χ4n) is 2.34. The number of hydrogen-bond acceptors (Lipinski definition) is 5. The van der Waals surface area contributed by atoms with Crippen LogP contribution < -0.4 is 11.1 Å². The van der Waals surface area contributed by atoms with E-state index in [0.717, 1.165) is 5.56 Å². The summed E-state index contributed by atoms with van der Waals surface area (Å²) in [6.45, 7) is 0.502. The summed E-state index contributed by atoms with van der Waals surface area (Å²) < 4.78 is 0. The van der Waals surface area contributed by atoms with Gasteiger partial charge < -0.3 is 10.6 Å². The van der Waals surface area contributed by atoms with Crippen molar-refractivity contribution in [2.45, 2.75) is 17.8 Å². The average Bonchev–Trinajstić information content (AvgIpc) is 2.82. The van der Waals surface area contributed by atoms with Crippen LogP contribution >= 0.6 is 11.8 Å². The smallest absolute Gasteiger partial charge is 0.325 e. The van der Waals surface area contributed by atoms with Crippen molar-refractivity contribution in [3.8, 4) is 0 Å². The number of nitrogens with two attached hydrogens (primary N) is 1. The molecule has 1 aromatic carbocycles. The number of aliphatic imine (C=N–C) groups is 1. The molecule has 1 fully saturated rings. The van der Waals surface area contributed by atoms with Gasteiger partial charge in [-0.05, 0) is 12.0 Å². The van der Waals surface area contributed by atoms with E-state index in [1.807, 2.05) is 30.3 Å². The first-order chi connectivity index (χ1) is 9.65. The first-order valence-corrected chi connectivity index (χ1v) is 7.18. The number of carbonyl (C=O) groups is 2. The van der Waals surface area contributed by atoms with Gasteiger partial charge in [0.05, 0.1) is 0 Å². The van der Waals surface area contributed by atoms with Gasteiger partial charge in [-0.25, -0.2) is 9.79 Å². The van der Waals surface area contributed by atoms with E-state index in [9.17, 15) is 9.59 Å². The van der Waals surface area contributed by atoms with Gasteiger partial charge in [0.1, 0.15) is 11.4 Å². The van der Waals surface area contributed by atoms with Gasteiger partial charge in [0, 0.05) is 6.54 Å². The molecule has 1 aromatic rings. The Morgan fingerprint density at radius 2 is 2.05 bits per heavy atom. The van der Waals surface area contributed by atoms with E-state index in [0.29, 0.717) is 18.1 Å². The summed E-state index contributed by atoms with van der Waals surface area (Å²) in [5, 5.41) is 2.28. The van der Waals surface area contributed by atoms with E-state index in [2.05, 4.69) is 10.3 Å². The third-order valence-corrected chi connectivity index (χ3v) is 4.39. The highest BCUT2D eigenvalue weighted by molar-refractivity contribution is 8.15. The molecule has 0 spiro atoms. The largest absolute Gasteiger partial charge is 0.378 e. The third kappa shape index (κ3) is 2.36. The quantitative estimate of drug-likeness (QED) is 0.850. The molecule has 2 unspecified atom stereocenters. The van der Waals surface area contributed by atoms with Crippen molar-refractivity contribution >= 4 is 28.9 Å². The van der Waals surface area contributed by atoms with Gasteiger partial charge in [-0.3, -0.25) is 10.1 Å². The third-order valence-electron chi connectivity index (χ3n) is 3.33. The van der Waals surface area contributed by atoms with E-state index in [4.69, 9.17) is 5.73 Å². The van der Waals surface area contributed by atoms with Gasteiger partial charge in [-0.15, -0.1) is 0 Å². The van der Waals surface area contributed by atoms with Crippen LogP contribution in [0.5, 0.6) is 0 Å². The van der Waals surface area contributed by atoms with Crippen molar-refractivity contribution in [1.82, 2.24) is 10.2 Å². The summed E-state index contributed by atoms with van der Waals surface area (Å²) in [4.78, 5) is 29.5. The normalized spacial score (nSPS) is 25.2. The molecule has 3 amide bonds. The molecule has 2 aliphatic heterocycles. The molecule has 0 aliphatic carbocycles. The van der Waals surface area contributed by atoms with E-state index >= 15 is 0 Å². The van der Waals surface area contributed by atoms with Gasteiger partial charge in [-0.1, -0.05) is 42.1 Å². The second kappa shape index (κ2) is 5.16. The molecule has 1 saturated heterocycles. The molecule has 7 heteroatoms. The molecule has 3 N–H and O–H groups in total. The highest BCUT2D eigenvalue weighted by Crippen LogP contribution is 2.30. The highest BCUT2D eigenvalue weighted by atomic mass is 32.2. The van der Waals surface area contributed by atoms with Crippen LogP contribution in [0.15, 0.2) is 35.3 Å². The maximum atomic E-state index is 11.9. The van der Waals surface area contributed by atoms with Gasteiger partial charge >= 0.3 is 6.03 Å². The van der Waals surface area contributed by atoms with Crippen molar-refractivity contribution in [2.75, 3.05) is 6.54 Å². The van der Waals surface area contributed by atoms with E-state index < -0.39 is 17.4 Å². The molecule has 0 aromatic heterocycles. The zero-order valence-corrected chi connectivity index (χ0v) is 11.5. The van der Waals surface area contributed by atoms with Gasteiger partial charge in [-0.2, -0.15) is 0 Å². The Labute approximate surface area is 120 Å². The molecular weight excluding hydrogens is 276 g/mol. The molecule has 0 saturated carbocycles. The summed E-state index contributed by atoms with van der Waals surface area (Å²) in [5.74, 6) is -0.315. The van der Waals surface area contributed by atoms with Gasteiger partial charge in [0.25, 0.3) is 0 Å². The maximum Gasteiger partial charge on any atom is 0.325 e. The molecular formula is C13H14N4O2S. The Balaban J connectivity index is 1.74. The molecule has 2 heterocycles. The summed E-state index contributed by atoms with van der Waals surface area (Å²) in [6, 6.07) is 9.48. The maximum absolute atomic E-state index is 11.9. The van der Waals surface area contributed by atoms with Crippen LogP contribution in [0.3, 0.4) is 0 Å². The van der Waals surface area contributed by atoms with Crippen LogP contribution in [0.1, 0.15) is 5.56 Å². The molecule has 104 valence electrons. The fraction of sp³-hybridized carbons (Fsp3) is 0.308. The van der Waals surface area contributed by atoms with Crippen LogP contribution in [0.25, 0.3) is 0 Å². The lowest BCUT2D eigenvalue weighted by molar-refractivity contribution is -0.121. The van der Waals surface area contributed by atoms with E-state index in [1.165, 1.54) is 11.8 Å². The summed E-state index contributed by atoms with van der Waals surface area (Å²) in [7, 11) is 0. The summed E-state index contributed by atoms with van der Waals surface area (Å²) in [5.41, 5.74) is 6.80. The number of nitrogens with one attached hydrogen (secondary N) is 1. The summed E-state index contributed by atoms with van der Waals surface area (Å²) >= 11 is 1.21. The minimum Gasteiger partial charge on any atom is -0.378 e. The fourth-order valence-corrected chi connectivity index (χ4v) is 3.26. The topological polar surface area (TPSA) is 87.8 Å². The number of benzene rings is 1. The second-order valence-corrected chi connectivity index (χ2v) is 5.80. The second-order valence-electron chi connectivity index (χ2n) is 4.64. The predicted octanol–water partition coefficient (Wildman–Crippen LogP) is 0.537. The first-order valence-electron chi connectivity index (χ1n) is 6.30. The van der Waals surface area contributed by atoms with Crippen molar-refractivity contribution in [2.24, 2.45) is 10.7 Å². The Morgan fingerprint density at radius 1 is 1.30 bits per heavy atom. The van der Waals surface area contributed by atoms with Crippen LogP contribution in [0, 0.1) is 0 Å². The van der Waals surface area contributed by atoms with Crippen molar-refractivity contribution in [1.29, 1.82) is 0 Å². The standard InChI is InChI=1S/C13H14N4O2S/c14-12-15-10-9(20-12)11(18)16-13(19)17(10)7-6-8-4-2-1-3-5-8/h1-5,9-10H,6-7H2,(H2,14,15)(H,16,18,19). The lowest BCUT2D eigenvalue weighted by Crippen LogP contribution is -2.60. The number of amidine groups is 1. The molecule has 3 rings (SSSR count). The van der Waals surface area contributed by atoms with Crippen LogP contribution in [0.2, 0.25) is 0 Å². The van der Waals surface area contributed by atoms with Crippen molar-refractivity contribution in [3.05, 3.63) is 35.9 Å². The monoisotopic (exact) mass is 290 g/mol. The van der Waals surface area contributed by atoms with E-state index in [1.54, 1.807) is 4.90 Å². The number of amides is 3. The molecule has 2 aliphatic rings. The zero-order valence-electron chi connectivity index (χ0n) is 10.7. The lowest BCUT2D eigenvalue weighted by Gasteiger charge is -2.34. The minimum atomic E-state index is -0.482. The number of urea groups is 1. The average molecular weight is 290 g/mol. The van der Waals surface area contributed by atoms with Crippen LogP contribution in [-0.2, 0) is 11.2 Å². The lowest BCUT2D eigenvalue weighted by atomic mass is 10.1.